The van der Waals surface area contributed by atoms with Crippen molar-refractivity contribution in [3.8, 4) is 0 Å². The number of likely N-dealkylation sites (tertiary alicyclic amines) is 1. The summed E-state index contributed by atoms with van der Waals surface area (Å²) in [6, 6.07) is 4.04. The van der Waals surface area contributed by atoms with Gasteiger partial charge in [-0.15, -0.1) is 11.3 Å². The highest BCUT2D eigenvalue weighted by atomic mass is 32.1. The van der Waals surface area contributed by atoms with Crippen molar-refractivity contribution in [2.45, 2.75) is 26.2 Å². The second-order valence-corrected chi connectivity index (χ2v) is 5.35. The highest BCUT2D eigenvalue weighted by molar-refractivity contribution is 7.10. The minimum absolute atomic E-state index is 0.296. The van der Waals surface area contributed by atoms with Crippen molar-refractivity contribution < 1.29 is 4.79 Å². The topological polar surface area (TPSA) is 20.3 Å². The highest BCUT2D eigenvalue weighted by Crippen LogP contribution is 2.18. The number of thiophene rings is 1. The molecule has 1 aliphatic rings. The summed E-state index contributed by atoms with van der Waals surface area (Å²) in [5.74, 6) is 1.08. The van der Waals surface area contributed by atoms with Gasteiger partial charge in [0.1, 0.15) is 0 Å². The van der Waals surface area contributed by atoms with Crippen LogP contribution in [0.4, 0.5) is 0 Å². The molecule has 82 valence electrons. The summed E-state index contributed by atoms with van der Waals surface area (Å²) in [5.41, 5.74) is 0. The average molecular weight is 223 g/mol. The normalized spacial score (nSPS) is 18.1. The fourth-order valence-electron chi connectivity index (χ4n) is 1.93. The summed E-state index contributed by atoms with van der Waals surface area (Å²) in [5, 5.41) is 2.03. The van der Waals surface area contributed by atoms with Gasteiger partial charge in [-0.1, -0.05) is 13.0 Å². The number of nitrogens with zero attached hydrogens (tertiary/aromatic N) is 1. The van der Waals surface area contributed by atoms with E-state index < -0.39 is 0 Å². The first-order valence-corrected chi connectivity index (χ1v) is 6.44. The molecule has 2 rings (SSSR count). The molecule has 15 heavy (non-hydrogen) atoms. The zero-order valence-electron chi connectivity index (χ0n) is 9.11. The lowest BCUT2D eigenvalue weighted by molar-refractivity contribution is -0.131. The number of carbonyl (C=O) groups excluding carboxylic acids is 1. The summed E-state index contributed by atoms with van der Waals surface area (Å²) < 4.78 is 0. The zero-order chi connectivity index (χ0) is 10.7. The van der Waals surface area contributed by atoms with E-state index >= 15 is 0 Å². The molecule has 0 saturated carbocycles. The maximum atomic E-state index is 11.9. The molecule has 0 spiro atoms. The number of hydrogen-bond acceptors (Lipinski definition) is 2. The van der Waals surface area contributed by atoms with Gasteiger partial charge in [-0.2, -0.15) is 0 Å². The second kappa shape index (κ2) is 4.79. The van der Waals surface area contributed by atoms with Gasteiger partial charge in [-0.3, -0.25) is 4.79 Å². The molecule has 2 heterocycles. The van der Waals surface area contributed by atoms with Gasteiger partial charge in [0.05, 0.1) is 6.42 Å². The van der Waals surface area contributed by atoms with Crippen molar-refractivity contribution in [3.63, 3.8) is 0 Å². The summed E-state index contributed by atoms with van der Waals surface area (Å²) in [7, 11) is 0. The third kappa shape index (κ3) is 2.81. The van der Waals surface area contributed by atoms with Gasteiger partial charge in [0.15, 0.2) is 0 Å². The fourth-order valence-corrected chi connectivity index (χ4v) is 2.63. The van der Waals surface area contributed by atoms with Crippen molar-refractivity contribution in [1.29, 1.82) is 0 Å². The standard InChI is InChI=1S/C12H17NOS/c1-10-4-6-13(7-5-10)12(14)9-11-3-2-8-15-11/h2-3,8,10H,4-7,9H2,1H3. The Morgan fingerprint density at radius 2 is 2.27 bits per heavy atom. The molecule has 1 aromatic rings. The van der Waals surface area contributed by atoms with Crippen LogP contribution in [0.2, 0.25) is 0 Å². The average Bonchev–Trinajstić information content (AvgIpc) is 2.71. The van der Waals surface area contributed by atoms with Gasteiger partial charge in [0.2, 0.25) is 5.91 Å². The Morgan fingerprint density at radius 1 is 1.53 bits per heavy atom. The molecule has 3 heteroatoms. The van der Waals surface area contributed by atoms with E-state index in [2.05, 4.69) is 6.92 Å². The summed E-state index contributed by atoms with van der Waals surface area (Å²) in [6.07, 6.45) is 2.92. The quantitative estimate of drug-likeness (QED) is 0.754. The lowest BCUT2D eigenvalue weighted by Crippen LogP contribution is -2.38. The molecule has 0 atom stereocenters. The van der Waals surface area contributed by atoms with Gasteiger partial charge in [0, 0.05) is 18.0 Å². The van der Waals surface area contributed by atoms with E-state index in [4.69, 9.17) is 0 Å². The predicted octanol–water partition coefficient (Wildman–Crippen LogP) is 2.55. The Balaban J connectivity index is 1.86. The molecule has 0 radical (unpaired) electrons. The molecule has 1 saturated heterocycles. The Bertz CT molecular complexity index is 312. The Morgan fingerprint density at radius 3 is 2.87 bits per heavy atom. The lowest BCUT2D eigenvalue weighted by atomic mass is 9.99. The van der Waals surface area contributed by atoms with Crippen LogP contribution >= 0.6 is 11.3 Å². The van der Waals surface area contributed by atoms with Crippen molar-refractivity contribution in [2.75, 3.05) is 13.1 Å². The predicted molar refractivity (Wildman–Crippen MR) is 63.0 cm³/mol. The van der Waals surface area contributed by atoms with Crippen LogP contribution in [0.25, 0.3) is 0 Å². The molecule has 0 aliphatic carbocycles. The molecule has 1 fully saturated rings. The molecule has 1 amide bonds. The van der Waals surface area contributed by atoms with Crippen molar-refractivity contribution in [3.05, 3.63) is 22.4 Å². The number of amides is 1. The summed E-state index contributed by atoms with van der Waals surface area (Å²) in [4.78, 5) is 15.1. The molecule has 0 bridgehead atoms. The molecular formula is C12H17NOS. The van der Waals surface area contributed by atoms with Crippen LogP contribution < -0.4 is 0 Å². The maximum absolute atomic E-state index is 11.9. The first kappa shape index (κ1) is 10.7. The Hall–Kier alpha value is -0.830. The summed E-state index contributed by atoms with van der Waals surface area (Å²) >= 11 is 1.67. The van der Waals surface area contributed by atoms with Crippen molar-refractivity contribution in [2.24, 2.45) is 5.92 Å². The van der Waals surface area contributed by atoms with E-state index in [9.17, 15) is 4.79 Å². The van der Waals surface area contributed by atoms with Crippen molar-refractivity contribution >= 4 is 17.2 Å². The SMILES string of the molecule is CC1CCN(C(=O)Cc2cccs2)CC1. The van der Waals surface area contributed by atoms with Crippen LogP contribution in [0.3, 0.4) is 0 Å². The number of piperidine rings is 1. The van der Waals surface area contributed by atoms with E-state index in [-0.39, 0.29) is 0 Å². The zero-order valence-corrected chi connectivity index (χ0v) is 9.93. The molecule has 1 aromatic heterocycles. The molecule has 0 unspecified atom stereocenters. The molecule has 2 nitrogen and oxygen atoms in total. The van der Waals surface area contributed by atoms with Crippen LogP contribution in [0, 0.1) is 5.92 Å². The maximum Gasteiger partial charge on any atom is 0.227 e. The molecule has 0 N–H and O–H groups in total. The minimum Gasteiger partial charge on any atom is -0.342 e. The third-order valence-electron chi connectivity index (χ3n) is 3.04. The van der Waals surface area contributed by atoms with E-state index in [1.165, 1.54) is 4.88 Å². The van der Waals surface area contributed by atoms with Gasteiger partial charge >= 0.3 is 0 Å². The smallest absolute Gasteiger partial charge is 0.227 e. The number of hydrogen-bond donors (Lipinski definition) is 0. The van der Waals surface area contributed by atoms with E-state index in [0.717, 1.165) is 31.8 Å². The number of rotatable bonds is 2. The third-order valence-corrected chi connectivity index (χ3v) is 3.92. The Labute approximate surface area is 94.9 Å². The first-order valence-electron chi connectivity index (χ1n) is 5.56. The molecular weight excluding hydrogens is 206 g/mol. The van der Waals surface area contributed by atoms with Gasteiger partial charge < -0.3 is 4.90 Å². The highest BCUT2D eigenvalue weighted by Gasteiger charge is 2.20. The van der Waals surface area contributed by atoms with Gasteiger partial charge in [-0.05, 0) is 30.2 Å². The Kier molecular flexibility index (Phi) is 3.41. The van der Waals surface area contributed by atoms with Crippen LogP contribution in [-0.2, 0) is 11.2 Å². The van der Waals surface area contributed by atoms with Crippen LogP contribution in [-0.4, -0.2) is 23.9 Å². The second-order valence-electron chi connectivity index (χ2n) is 4.32. The van der Waals surface area contributed by atoms with E-state index in [1.54, 1.807) is 11.3 Å². The van der Waals surface area contributed by atoms with E-state index in [1.807, 2.05) is 22.4 Å². The van der Waals surface area contributed by atoms with Crippen LogP contribution in [0.5, 0.6) is 0 Å². The van der Waals surface area contributed by atoms with Crippen molar-refractivity contribution in [1.82, 2.24) is 4.90 Å². The largest absolute Gasteiger partial charge is 0.342 e. The fraction of sp³-hybridized carbons (Fsp3) is 0.583. The van der Waals surface area contributed by atoms with Crippen LogP contribution in [0.15, 0.2) is 17.5 Å². The van der Waals surface area contributed by atoms with Gasteiger partial charge in [0.25, 0.3) is 0 Å². The minimum atomic E-state index is 0.296. The van der Waals surface area contributed by atoms with E-state index in [0.29, 0.717) is 12.3 Å². The molecule has 0 aromatic carbocycles. The summed E-state index contributed by atoms with van der Waals surface area (Å²) in [6.45, 7) is 4.16. The lowest BCUT2D eigenvalue weighted by Gasteiger charge is -2.30. The number of carbonyl (C=O) groups is 1. The molecule has 1 aliphatic heterocycles. The first-order chi connectivity index (χ1) is 7.25. The monoisotopic (exact) mass is 223 g/mol. The van der Waals surface area contributed by atoms with Crippen LogP contribution in [0.1, 0.15) is 24.6 Å². The van der Waals surface area contributed by atoms with Gasteiger partial charge in [-0.25, -0.2) is 0 Å².